The molecule has 1 aromatic rings. The van der Waals surface area contributed by atoms with Gasteiger partial charge in [0.05, 0.1) is 23.2 Å². The lowest BCUT2D eigenvalue weighted by molar-refractivity contribution is 0.0325. The van der Waals surface area contributed by atoms with Crippen LogP contribution < -0.4 is 39.1 Å². The number of nitrogens with zero attached hydrogens (tertiary/aromatic N) is 1. The van der Waals surface area contributed by atoms with Gasteiger partial charge >= 0.3 is 0 Å². The average Bonchev–Trinajstić information content (AvgIpc) is 2.59. The Bertz CT molecular complexity index is 624. The van der Waals surface area contributed by atoms with Gasteiger partial charge in [-0.05, 0) is 54.9 Å². The van der Waals surface area contributed by atoms with Crippen molar-refractivity contribution in [1.29, 1.82) is 0 Å². The molecule has 1 heterocycles. The van der Waals surface area contributed by atoms with Crippen LogP contribution in [0.25, 0.3) is 5.57 Å². The van der Waals surface area contributed by atoms with Crippen LogP contribution in [-0.2, 0) is 4.74 Å². The molecular formula is C17H29N7O. The molecule has 0 atom stereocenters. The second kappa shape index (κ2) is 9.16. The SMILES string of the molecule is N/C=C\C(=C/N)c1cc(NN)c(N)c(N2CC(OCCCCN)C2)c1. The number of unbranched alkanes of at least 4 members (excludes halogenated alkanes) is 1. The van der Waals surface area contributed by atoms with E-state index in [1.165, 1.54) is 12.4 Å². The third kappa shape index (κ3) is 4.56. The highest BCUT2D eigenvalue weighted by molar-refractivity contribution is 5.88. The standard InChI is InChI=1S/C17H29N7O/c18-4-1-2-6-25-14-10-24(11-14)16-8-13(12(9-20)3-5-19)7-15(23-22)17(16)21/h3,5,7-9,14,23H,1-2,4,6,10-11,18-22H2/b5-3-,12-9+. The van der Waals surface area contributed by atoms with Gasteiger partial charge in [0, 0.05) is 25.9 Å². The quantitative estimate of drug-likeness (QED) is 0.122. The van der Waals surface area contributed by atoms with Crippen molar-refractivity contribution in [2.75, 3.05) is 42.3 Å². The van der Waals surface area contributed by atoms with Crippen molar-refractivity contribution in [2.24, 2.45) is 23.0 Å². The van der Waals surface area contributed by atoms with Crippen LogP contribution in [-0.4, -0.2) is 32.3 Å². The fourth-order valence-electron chi connectivity index (χ4n) is 2.77. The molecule has 138 valence electrons. The number of anilines is 3. The lowest BCUT2D eigenvalue weighted by Crippen LogP contribution is -2.52. The highest BCUT2D eigenvalue weighted by atomic mass is 16.5. The van der Waals surface area contributed by atoms with Crippen molar-refractivity contribution in [1.82, 2.24) is 0 Å². The minimum absolute atomic E-state index is 0.212. The molecule has 1 aromatic carbocycles. The maximum atomic E-state index is 6.24. The van der Waals surface area contributed by atoms with Gasteiger partial charge in [-0.1, -0.05) is 0 Å². The zero-order valence-corrected chi connectivity index (χ0v) is 14.4. The molecule has 0 bridgehead atoms. The lowest BCUT2D eigenvalue weighted by atomic mass is 10.0. The summed E-state index contributed by atoms with van der Waals surface area (Å²) in [6.45, 7) is 3.01. The zero-order valence-electron chi connectivity index (χ0n) is 14.4. The summed E-state index contributed by atoms with van der Waals surface area (Å²) in [6, 6.07) is 3.83. The van der Waals surface area contributed by atoms with E-state index in [2.05, 4.69) is 10.3 Å². The Morgan fingerprint density at radius 2 is 2.04 bits per heavy atom. The number of benzene rings is 1. The van der Waals surface area contributed by atoms with Gasteiger partial charge in [-0.3, -0.25) is 5.84 Å². The van der Waals surface area contributed by atoms with Gasteiger partial charge in [0.15, 0.2) is 0 Å². The lowest BCUT2D eigenvalue weighted by Gasteiger charge is -2.41. The molecule has 0 amide bonds. The molecule has 0 aromatic heterocycles. The summed E-state index contributed by atoms with van der Waals surface area (Å²) >= 11 is 0. The second-order valence-electron chi connectivity index (χ2n) is 5.98. The minimum atomic E-state index is 0.212. The highest BCUT2D eigenvalue weighted by Gasteiger charge is 2.29. The number of hydrazine groups is 1. The number of nitrogen functional groups attached to an aromatic ring is 2. The molecule has 25 heavy (non-hydrogen) atoms. The Morgan fingerprint density at radius 1 is 1.28 bits per heavy atom. The summed E-state index contributed by atoms with van der Waals surface area (Å²) in [4.78, 5) is 2.16. The number of rotatable bonds is 9. The molecule has 8 nitrogen and oxygen atoms in total. The van der Waals surface area contributed by atoms with Crippen molar-refractivity contribution < 1.29 is 4.74 Å². The Labute approximate surface area is 148 Å². The Hall–Kier alpha value is -2.42. The first-order valence-corrected chi connectivity index (χ1v) is 8.41. The number of hydrogen-bond acceptors (Lipinski definition) is 8. The van der Waals surface area contributed by atoms with Crippen LogP contribution in [0.5, 0.6) is 0 Å². The van der Waals surface area contributed by atoms with Gasteiger partial charge in [0.25, 0.3) is 0 Å². The molecule has 0 saturated carbocycles. The number of ether oxygens (including phenoxy) is 1. The molecule has 0 radical (unpaired) electrons. The Kier molecular flexibility index (Phi) is 6.93. The van der Waals surface area contributed by atoms with Crippen molar-refractivity contribution in [3.8, 4) is 0 Å². The van der Waals surface area contributed by atoms with Crippen LogP contribution in [0.1, 0.15) is 18.4 Å². The Morgan fingerprint density at radius 3 is 2.64 bits per heavy atom. The molecule has 1 aliphatic rings. The first kappa shape index (κ1) is 18.9. The normalized spacial score (nSPS) is 15.6. The van der Waals surface area contributed by atoms with Gasteiger partial charge in [0.2, 0.25) is 0 Å². The van der Waals surface area contributed by atoms with Crippen molar-refractivity contribution in [3.05, 3.63) is 36.2 Å². The number of nitrogens with one attached hydrogen (secondary N) is 1. The molecule has 8 heteroatoms. The Balaban J connectivity index is 2.10. The first-order valence-electron chi connectivity index (χ1n) is 8.41. The maximum absolute atomic E-state index is 6.24. The van der Waals surface area contributed by atoms with Crippen LogP contribution >= 0.6 is 0 Å². The van der Waals surface area contributed by atoms with Gasteiger partial charge < -0.3 is 38.0 Å². The molecule has 1 fully saturated rings. The predicted molar refractivity (Wildman–Crippen MR) is 104 cm³/mol. The highest BCUT2D eigenvalue weighted by Crippen LogP contribution is 2.37. The van der Waals surface area contributed by atoms with E-state index in [-0.39, 0.29) is 6.10 Å². The summed E-state index contributed by atoms with van der Waals surface area (Å²) in [5.74, 6) is 5.61. The van der Waals surface area contributed by atoms with E-state index in [9.17, 15) is 0 Å². The van der Waals surface area contributed by atoms with E-state index < -0.39 is 0 Å². The summed E-state index contributed by atoms with van der Waals surface area (Å²) in [5, 5.41) is 0. The fourth-order valence-corrected chi connectivity index (χ4v) is 2.77. The van der Waals surface area contributed by atoms with Crippen LogP contribution in [0.3, 0.4) is 0 Å². The predicted octanol–water partition coefficient (Wildman–Crippen LogP) is 0.271. The molecule has 1 saturated heterocycles. The summed E-state index contributed by atoms with van der Waals surface area (Å²) in [6.07, 6.45) is 6.86. The molecule has 0 aliphatic carbocycles. The number of nitrogens with two attached hydrogens (primary N) is 5. The van der Waals surface area contributed by atoms with E-state index >= 15 is 0 Å². The van der Waals surface area contributed by atoms with E-state index in [1.807, 2.05) is 12.1 Å². The van der Waals surface area contributed by atoms with Crippen LogP contribution in [0.2, 0.25) is 0 Å². The van der Waals surface area contributed by atoms with E-state index in [0.717, 1.165) is 49.4 Å². The van der Waals surface area contributed by atoms with E-state index in [1.54, 1.807) is 6.08 Å². The molecule has 2 rings (SSSR count). The average molecular weight is 347 g/mol. The second-order valence-corrected chi connectivity index (χ2v) is 5.98. The minimum Gasteiger partial charge on any atom is -0.405 e. The van der Waals surface area contributed by atoms with Crippen LogP contribution in [0.4, 0.5) is 17.1 Å². The van der Waals surface area contributed by atoms with Crippen molar-refractivity contribution in [2.45, 2.75) is 18.9 Å². The summed E-state index contributed by atoms with van der Waals surface area (Å²) in [7, 11) is 0. The largest absolute Gasteiger partial charge is 0.405 e. The fraction of sp³-hybridized carbons (Fsp3) is 0.412. The first-order chi connectivity index (χ1) is 12.1. The van der Waals surface area contributed by atoms with Gasteiger partial charge in [-0.25, -0.2) is 0 Å². The topological polar surface area (TPSA) is 155 Å². The van der Waals surface area contributed by atoms with Crippen molar-refractivity contribution >= 4 is 22.6 Å². The summed E-state index contributed by atoms with van der Waals surface area (Å²) < 4.78 is 5.83. The smallest absolute Gasteiger partial charge is 0.0924 e. The molecule has 11 N–H and O–H groups in total. The number of allylic oxidation sites excluding steroid dienone is 2. The summed E-state index contributed by atoms with van der Waals surface area (Å²) in [5.41, 5.74) is 29.4. The third-order valence-corrected chi connectivity index (χ3v) is 4.24. The molecular weight excluding hydrogens is 318 g/mol. The van der Waals surface area contributed by atoms with Crippen LogP contribution in [0, 0.1) is 0 Å². The van der Waals surface area contributed by atoms with Crippen molar-refractivity contribution in [3.63, 3.8) is 0 Å². The van der Waals surface area contributed by atoms with E-state index in [4.69, 9.17) is 33.5 Å². The maximum Gasteiger partial charge on any atom is 0.0924 e. The number of hydrogen-bond donors (Lipinski definition) is 6. The van der Waals surface area contributed by atoms with E-state index in [0.29, 0.717) is 17.9 Å². The molecule has 0 unspecified atom stereocenters. The van der Waals surface area contributed by atoms with Gasteiger partial charge in [-0.2, -0.15) is 0 Å². The monoisotopic (exact) mass is 347 g/mol. The molecule has 0 spiro atoms. The third-order valence-electron chi connectivity index (χ3n) is 4.24. The van der Waals surface area contributed by atoms with Gasteiger partial charge in [-0.15, -0.1) is 0 Å². The van der Waals surface area contributed by atoms with Gasteiger partial charge in [0.1, 0.15) is 0 Å². The molecule has 1 aliphatic heterocycles. The van der Waals surface area contributed by atoms with Crippen LogP contribution in [0.15, 0.2) is 30.6 Å². The zero-order chi connectivity index (χ0) is 18.2.